The smallest absolute Gasteiger partial charge is 0.330 e. The van der Waals surface area contributed by atoms with E-state index in [1.165, 1.54) is 10.8 Å². The molecule has 0 bridgehead atoms. The second-order valence-corrected chi connectivity index (χ2v) is 8.02. The van der Waals surface area contributed by atoms with Crippen molar-refractivity contribution < 1.29 is 39.9 Å². The Kier molecular flexibility index (Phi) is 6.49. The summed E-state index contributed by atoms with van der Waals surface area (Å²) in [5, 5.41) is 0.963. The molecule has 0 aliphatic rings. The summed E-state index contributed by atoms with van der Waals surface area (Å²) in [4.78, 5) is 11.1. The van der Waals surface area contributed by atoms with Crippen LogP contribution in [0.15, 0.2) is 47.4 Å². The normalized spacial score (nSPS) is 11.8. The fraction of sp³-hybridized carbons (Fsp3) is 0.0952. The van der Waals surface area contributed by atoms with Crippen LogP contribution in [0.5, 0.6) is 0 Å². The number of esters is 1. The Morgan fingerprint density at radius 1 is 0.938 bits per heavy atom. The van der Waals surface area contributed by atoms with Crippen LogP contribution in [0, 0.1) is 29.1 Å². The standard InChI is InChI=1S/C21H14F5NO4S/c1-2-31-15(28)8-7-13-9-11-5-3-4-6-12(11)10-14(13)32(29,30)27-21-19(25)17(23)16(22)18(24)20(21)26/h3-10,27H,2H2,1H3/b8-7+. The van der Waals surface area contributed by atoms with Crippen LogP contribution in [0.2, 0.25) is 0 Å². The second kappa shape index (κ2) is 8.95. The molecule has 0 atom stereocenters. The molecule has 5 nitrogen and oxygen atoms in total. The summed E-state index contributed by atoms with van der Waals surface area (Å²) in [5.74, 6) is -12.5. The number of ether oxygens (including phenoxy) is 1. The monoisotopic (exact) mass is 471 g/mol. The Bertz CT molecular complexity index is 1330. The number of hydrogen-bond acceptors (Lipinski definition) is 4. The molecule has 0 radical (unpaired) electrons. The van der Waals surface area contributed by atoms with Gasteiger partial charge in [-0.3, -0.25) is 4.72 Å². The molecule has 1 N–H and O–H groups in total. The van der Waals surface area contributed by atoms with Gasteiger partial charge in [-0.1, -0.05) is 24.3 Å². The van der Waals surface area contributed by atoms with Crippen LogP contribution in [0.4, 0.5) is 27.6 Å². The van der Waals surface area contributed by atoms with Crippen LogP contribution in [0.1, 0.15) is 12.5 Å². The Labute approximate surface area is 179 Å². The van der Waals surface area contributed by atoms with E-state index in [4.69, 9.17) is 4.74 Å². The van der Waals surface area contributed by atoms with Gasteiger partial charge in [-0.25, -0.2) is 35.2 Å². The number of benzene rings is 3. The lowest BCUT2D eigenvalue weighted by atomic mass is 10.1. The summed E-state index contributed by atoms with van der Waals surface area (Å²) in [7, 11) is -4.88. The second-order valence-electron chi connectivity index (χ2n) is 6.37. The van der Waals surface area contributed by atoms with Crippen LogP contribution >= 0.6 is 0 Å². The van der Waals surface area contributed by atoms with E-state index in [-0.39, 0.29) is 12.2 Å². The van der Waals surface area contributed by atoms with Crippen molar-refractivity contribution in [2.75, 3.05) is 11.3 Å². The van der Waals surface area contributed by atoms with Crippen LogP contribution in [0.25, 0.3) is 16.8 Å². The molecule has 0 saturated carbocycles. The van der Waals surface area contributed by atoms with Gasteiger partial charge >= 0.3 is 5.97 Å². The Balaban J connectivity index is 2.17. The fourth-order valence-corrected chi connectivity index (χ4v) is 4.11. The van der Waals surface area contributed by atoms with E-state index in [2.05, 4.69) is 0 Å². The van der Waals surface area contributed by atoms with Crippen molar-refractivity contribution >= 4 is 38.5 Å². The molecule has 0 aliphatic carbocycles. The summed E-state index contributed by atoms with van der Waals surface area (Å²) in [5.41, 5.74) is -1.82. The molecule has 0 amide bonds. The van der Waals surface area contributed by atoms with Crippen LogP contribution < -0.4 is 4.72 Å². The molecule has 3 aromatic carbocycles. The number of fused-ring (bicyclic) bond motifs is 1. The van der Waals surface area contributed by atoms with Gasteiger partial charge in [0.05, 0.1) is 11.5 Å². The van der Waals surface area contributed by atoms with E-state index in [1.54, 1.807) is 31.2 Å². The minimum Gasteiger partial charge on any atom is -0.463 e. The molecule has 0 spiro atoms. The minimum atomic E-state index is -4.88. The lowest BCUT2D eigenvalue weighted by Gasteiger charge is -2.14. The highest BCUT2D eigenvalue weighted by Gasteiger charge is 2.29. The maximum absolute atomic E-state index is 14.0. The molecule has 0 aromatic heterocycles. The van der Waals surface area contributed by atoms with E-state index >= 15 is 0 Å². The maximum atomic E-state index is 14.0. The highest BCUT2D eigenvalue weighted by molar-refractivity contribution is 7.92. The first-order valence-electron chi connectivity index (χ1n) is 8.98. The molecule has 0 unspecified atom stereocenters. The average molecular weight is 471 g/mol. The molecule has 0 saturated heterocycles. The Hall–Kier alpha value is -3.47. The van der Waals surface area contributed by atoms with E-state index < -0.39 is 55.7 Å². The first-order valence-corrected chi connectivity index (χ1v) is 10.5. The van der Waals surface area contributed by atoms with Gasteiger partial charge in [0, 0.05) is 6.08 Å². The van der Waals surface area contributed by atoms with Gasteiger partial charge in [0.15, 0.2) is 23.3 Å². The van der Waals surface area contributed by atoms with Crippen molar-refractivity contribution in [3.05, 3.63) is 77.1 Å². The van der Waals surface area contributed by atoms with Gasteiger partial charge in [-0.2, -0.15) is 0 Å². The first kappa shape index (κ1) is 23.2. The number of rotatable bonds is 6. The summed E-state index contributed by atoms with van der Waals surface area (Å²) >= 11 is 0. The molecular weight excluding hydrogens is 457 g/mol. The molecule has 168 valence electrons. The highest BCUT2D eigenvalue weighted by atomic mass is 32.2. The fourth-order valence-electron chi connectivity index (χ4n) is 2.83. The molecule has 0 heterocycles. The van der Waals surface area contributed by atoms with Crippen molar-refractivity contribution in [2.24, 2.45) is 0 Å². The van der Waals surface area contributed by atoms with Crippen molar-refractivity contribution in [2.45, 2.75) is 11.8 Å². The predicted octanol–water partition coefficient (Wildman–Crippen LogP) is 4.91. The van der Waals surface area contributed by atoms with Crippen molar-refractivity contribution in [1.29, 1.82) is 0 Å². The van der Waals surface area contributed by atoms with Crippen molar-refractivity contribution in [3.8, 4) is 0 Å². The van der Waals surface area contributed by atoms with Gasteiger partial charge in [0.25, 0.3) is 10.0 Å². The first-order chi connectivity index (χ1) is 15.1. The van der Waals surface area contributed by atoms with Crippen LogP contribution in [0.3, 0.4) is 0 Å². The van der Waals surface area contributed by atoms with Gasteiger partial charge in [0.1, 0.15) is 5.69 Å². The number of carbonyl (C=O) groups is 1. The quantitative estimate of drug-likeness (QED) is 0.182. The van der Waals surface area contributed by atoms with Gasteiger partial charge < -0.3 is 4.74 Å². The predicted molar refractivity (Wildman–Crippen MR) is 107 cm³/mol. The number of hydrogen-bond donors (Lipinski definition) is 1. The molecule has 0 aliphatic heterocycles. The third-order valence-corrected chi connectivity index (χ3v) is 5.70. The molecule has 0 fully saturated rings. The highest BCUT2D eigenvalue weighted by Crippen LogP contribution is 2.31. The number of anilines is 1. The van der Waals surface area contributed by atoms with Gasteiger partial charge in [-0.05, 0) is 41.5 Å². The maximum Gasteiger partial charge on any atom is 0.330 e. The van der Waals surface area contributed by atoms with Gasteiger partial charge in [0.2, 0.25) is 5.82 Å². The SMILES string of the molecule is CCOC(=O)/C=C/c1cc2ccccc2cc1S(=O)(=O)Nc1c(F)c(F)c(F)c(F)c1F. The van der Waals surface area contributed by atoms with Crippen molar-refractivity contribution in [1.82, 2.24) is 0 Å². The van der Waals surface area contributed by atoms with Crippen LogP contribution in [-0.2, 0) is 19.6 Å². The lowest BCUT2D eigenvalue weighted by Crippen LogP contribution is -2.18. The third kappa shape index (κ3) is 4.42. The molecule has 3 aromatic rings. The molecule has 11 heteroatoms. The Morgan fingerprint density at radius 2 is 1.47 bits per heavy atom. The number of sulfonamides is 1. The summed E-state index contributed by atoms with van der Waals surface area (Å²) in [6, 6.07) is 8.97. The Morgan fingerprint density at radius 3 is 2.03 bits per heavy atom. The minimum absolute atomic E-state index is 0.0633. The topological polar surface area (TPSA) is 72.5 Å². The summed E-state index contributed by atoms with van der Waals surface area (Å²) < 4.78 is 100. The lowest BCUT2D eigenvalue weighted by molar-refractivity contribution is -0.137. The molecule has 32 heavy (non-hydrogen) atoms. The van der Waals surface area contributed by atoms with E-state index in [0.717, 1.165) is 18.2 Å². The molecule has 3 rings (SSSR count). The number of carbonyl (C=O) groups excluding carboxylic acids is 1. The zero-order valence-electron chi connectivity index (χ0n) is 16.3. The summed E-state index contributed by atoms with van der Waals surface area (Å²) in [6.45, 7) is 1.62. The zero-order chi connectivity index (χ0) is 23.6. The van der Waals surface area contributed by atoms with E-state index in [0.29, 0.717) is 10.8 Å². The summed E-state index contributed by atoms with van der Waals surface area (Å²) in [6.07, 6.45) is 2.03. The van der Waals surface area contributed by atoms with Crippen molar-refractivity contribution in [3.63, 3.8) is 0 Å². The number of halogens is 5. The van der Waals surface area contributed by atoms with Gasteiger partial charge in [-0.15, -0.1) is 0 Å². The van der Waals surface area contributed by atoms with E-state index in [9.17, 15) is 35.2 Å². The van der Waals surface area contributed by atoms with Crippen LogP contribution in [-0.4, -0.2) is 21.0 Å². The molecular formula is C21H14F5NO4S. The van der Waals surface area contributed by atoms with E-state index in [1.807, 2.05) is 0 Å². The number of nitrogens with one attached hydrogen (secondary N) is 1. The average Bonchev–Trinajstić information content (AvgIpc) is 2.77. The zero-order valence-corrected chi connectivity index (χ0v) is 17.1. The largest absolute Gasteiger partial charge is 0.463 e. The third-order valence-electron chi connectivity index (χ3n) is 4.30.